The molecule has 7 heteroatoms. The Labute approximate surface area is 127 Å². The number of anilines is 2. The molecular weight excluding hydrogens is 288 g/mol. The number of carbonyl (C=O) groups is 1. The van der Waals surface area contributed by atoms with E-state index in [1.54, 1.807) is 0 Å². The summed E-state index contributed by atoms with van der Waals surface area (Å²) in [5.74, 6) is 0.816. The Kier molecular flexibility index (Phi) is 3.83. The number of hydrogen-bond acceptors (Lipinski definition) is 6. The van der Waals surface area contributed by atoms with Gasteiger partial charge in [0.2, 0.25) is 5.95 Å². The van der Waals surface area contributed by atoms with Crippen molar-refractivity contribution in [1.29, 1.82) is 0 Å². The van der Waals surface area contributed by atoms with Crippen LogP contribution >= 0.6 is 11.8 Å². The number of benzene rings is 1. The number of nitrogens with zero attached hydrogens (tertiary/aromatic N) is 4. The molecule has 1 aromatic carbocycles. The molecule has 1 aliphatic rings. The fourth-order valence-electron chi connectivity index (χ4n) is 2.23. The van der Waals surface area contributed by atoms with E-state index < -0.39 is 0 Å². The molecule has 6 nitrogen and oxygen atoms in total. The predicted molar refractivity (Wildman–Crippen MR) is 80.9 cm³/mol. The number of esters is 1. The third-order valence-electron chi connectivity index (χ3n) is 3.38. The normalized spacial score (nSPS) is 13.3. The highest BCUT2D eigenvalue weighted by Crippen LogP contribution is 2.32. The second-order valence-corrected chi connectivity index (χ2v) is 5.73. The Bertz CT molecular complexity index is 653. The molecule has 0 amide bonds. The first-order chi connectivity index (χ1) is 10.2. The summed E-state index contributed by atoms with van der Waals surface area (Å²) in [6.45, 7) is 3.75. The van der Waals surface area contributed by atoms with E-state index in [0.29, 0.717) is 0 Å². The van der Waals surface area contributed by atoms with E-state index in [-0.39, 0.29) is 11.7 Å². The lowest BCUT2D eigenvalue weighted by atomic mass is 10.2. The maximum Gasteiger partial charge on any atom is 0.316 e. The van der Waals surface area contributed by atoms with Crippen LogP contribution in [0.5, 0.6) is 0 Å². The van der Waals surface area contributed by atoms with Crippen molar-refractivity contribution in [1.82, 2.24) is 14.8 Å². The van der Waals surface area contributed by atoms with Crippen molar-refractivity contribution in [3.63, 3.8) is 0 Å². The third kappa shape index (κ3) is 2.73. The van der Waals surface area contributed by atoms with Gasteiger partial charge in [-0.2, -0.15) is 0 Å². The molecule has 21 heavy (non-hydrogen) atoms. The summed E-state index contributed by atoms with van der Waals surface area (Å²) >= 11 is 1.35. The van der Waals surface area contributed by atoms with Crippen LogP contribution in [0.25, 0.3) is 0 Å². The average molecular weight is 304 g/mol. The topological polar surface area (TPSA) is 60.2 Å². The predicted octanol–water partition coefficient (Wildman–Crippen LogP) is 2.00. The molecular formula is C14H16N4O2S. The number of hydrogen-bond donors (Lipinski definition) is 0. The van der Waals surface area contributed by atoms with Crippen molar-refractivity contribution in [2.45, 2.75) is 18.6 Å². The highest BCUT2D eigenvalue weighted by Gasteiger charge is 2.26. The fourth-order valence-corrected chi connectivity index (χ4v) is 3.03. The van der Waals surface area contributed by atoms with Gasteiger partial charge in [0.05, 0.1) is 12.9 Å². The maximum absolute atomic E-state index is 11.2. The fraction of sp³-hybridized carbons (Fsp3) is 0.357. The smallest absolute Gasteiger partial charge is 0.316 e. The van der Waals surface area contributed by atoms with Gasteiger partial charge in [0.1, 0.15) is 0 Å². The van der Waals surface area contributed by atoms with Gasteiger partial charge in [-0.05, 0) is 19.1 Å². The molecule has 0 N–H and O–H groups in total. The number of fused-ring (bicyclic) bond motifs is 1. The highest BCUT2D eigenvalue weighted by molar-refractivity contribution is 7.99. The van der Waals surface area contributed by atoms with Crippen LogP contribution in [-0.2, 0) is 16.1 Å². The van der Waals surface area contributed by atoms with Crippen LogP contribution in [0.15, 0.2) is 29.4 Å². The van der Waals surface area contributed by atoms with Crippen LogP contribution in [0.2, 0.25) is 0 Å². The molecule has 0 radical (unpaired) electrons. The monoisotopic (exact) mass is 304 g/mol. The average Bonchev–Trinajstić information content (AvgIpc) is 3.08. The Balaban J connectivity index is 1.79. The summed E-state index contributed by atoms with van der Waals surface area (Å²) in [6, 6.07) is 8.34. The molecule has 0 fully saturated rings. The molecule has 1 aromatic heterocycles. The summed E-state index contributed by atoms with van der Waals surface area (Å²) < 4.78 is 6.68. The molecule has 2 aromatic rings. The molecule has 0 saturated carbocycles. The van der Waals surface area contributed by atoms with E-state index >= 15 is 0 Å². The van der Waals surface area contributed by atoms with Gasteiger partial charge >= 0.3 is 5.97 Å². The van der Waals surface area contributed by atoms with Crippen LogP contribution in [0.1, 0.15) is 5.56 Å². The van der Waals surface area contributed by atoms with Crippen LogP contribution < -0.4 is 4.90 Å². The molecule has 1 aliphatic heterocycles. The third-order valence-corrected chi connectivity index (χ3v) is 4.32. The van der Waals surface area contributed by atoms with Gasteiger partial charge in [0, 0.05) is 18.8 Å². The zero-order valence-corrected chi connectivity index (χ0v) is 12.8. The lowest BCUT2D eigenvalue weighted by molar-refractivity contribution is -0.137. The van der Waals surface area contributed by atoms with Crippen molar-refractivity contribution < 1.29 is 9.53 Å². The molecule has 2 heterocycles. The quantitative estimate of drug-likeness (QED) is 0.636. The largest absolute Gasteiger partial charge is 0.468 e. The number of aryl methyl sites for hydroxylation is 1. The van der Waals surface area contributed by atoms with Crippen LogP contribution in [0, 0.1) is 6.92 Å². The Morgan fingerprint density at radius 3 is 2.76 bits per heavy atom. The summed E-state index contributed by atoms with van der Waals surface area (Å²) in [5, 5.41) is 9.17. The van der Waals surface area contributed by atoms with Crippen LogP contribution in [0.4, 0.5) is 11.6 Å². The minimum atomic E-state index is -0.259. The molecule has 0 bridgehead atoms. The first-order valence-electron chi connectivity index (χ1n) is 6.66. The molecule has 0 unspecified atom stereocenters. The second-order valence-electron chi connectivity index (χ2n) is 4.79. The van der Waals surface area contributed by atoms with Gasteiger partial charge in [0.25, 0.3) is 0 Å². The summed E-state index contributed by atoms with van der Waals surface area (Å²) in [5.41, 5.74) is 2.34. The summed E-state index contributed by atoms with van der Waals surface area (Å²) in [4.78, 5) is 13.3. The van der Waals surface area contributed by atoms with Crippen molar-refractivity contribution in [2.75, 3.05) is 24.3 Å². The number of carbonyl (C=O) groups excluding carboxylic acids is 1. The minimum Gasteiger partial charge on any atom is -0.468 e. The van der Waals surface area contributed by atoms with Gasteiger partial charge in [-0.25, -0.2) is 0 Å². The number of methoxy groups -OCH3 is 1. The van der Waals surface area contributed by atoms with E-state index in [1.807, 2.05) is 4.57 Å². The van der Waals surface area contributed by atoms with Gasteiger partial charge in [-0.15, -0.1) is 10.2 Å². The lowest BCUT2D eigenvalue weighted by Crippen LogP contribution is -2.14. The lowest BCUT2D eigenvalue weighted by Gasteiger charge is -2.15. The Morgan fingerprint density at radius 2 is 2.05 bits per heavy atom. The number of aromatic nitrogens is 3. The standard InChI is InChI=1S/C14H16N4O2S/c1-10-3-5-11(6-4-10)17-7-8-18-13(17)15-16-14(18)21-9-12(19)20-2/h3-6H,7-9H2,1-2H3. The Morgan fingerprint density at radius 1 is 1.29 bits per heavy atom. The van der Waals surface area contributed by atoms with Crippen LogP contribution in [0.3, 0.4) is 0 Å². The van der Waals surface area contributed by atoms with Gasteiger partial charge in [-0.3, -0.25) is 9.36 Å². The number of thioether (sulfide) groups is 1. The van der Waals surface area contributed by atoms with Crippen molar-refractivity contribution >= 4 is 29.4 Å². The molecule has 0 atom stereocenters. The maximum atomic E-state index is 11.2. The summed E-state index contributed by atoms with van der Waals surface area (Å²) in [7, 11) is 1.39. The van der Waals surface area contributed by atoms with Gasteiger partial charge in [0.15, 0.2) is 5.16 Å². The Hall–Kier alpha value is -2.02. The van der Waals surface area contributed by atoms with Crippen molar-refractivity contribution in [3.05, 3.63) is 29.8 Å². The minimum absolute atomic E-state index is 0.249. The first kappa shape index (κ1) is 13.9. The second kappa shape index (κ2) is 5.77. The van der Waals surface area contributed by atoms with E-state index in [4.69, 9.17) is 0 Å². The summed E-state index contributed by atoms with van der Waals surface area (Å²) in [6.07, 6.45) is 0. The van der Waals surface area contributed by atoms with E-state index in [0.717, 1.165) is 29.9 Å². The highest BCUT2D eigenvalue weighted by atomic mass is 32.2. The zero-order chi connectivity index (χ0) is 14.8. The molecule has 110 valence electrons. The molecule has 3 rings (SSSR count). The molecule has 0 saturated heterocycles. The van der Waals surface area contributed by atoms with E-state index in [2.05, 4.69) is 51.0 Å². The molecule has 0 aliphatic carbocycles. The number of rotatable bonds is 4. The van der Waals surface area contributed by atoms with E-state index in [9.17, 15) is 4.79 Å². The van der Waals surface area contributed by atoms with Crippen molar-refractivity contribution in [2.24, 2.45) is 0 Å². The molecule has 0 spiro atoms. The van der Waals surface area contributed by atoms with Crippen LogP contribution in [-0.4, -0.2) is 40.1 Å². The zero-order valence-electron chi connectivity index (χ0n) is 11.9. The van der Waals surface area contributed by atoms with Gasteiger partial charge in [-0.1, -0.05) is 29.5 Å². The van der Waals surface area contributed by atoms with E-state index in [1.165, 1.54) is 24.4 Å². The first-order valence-corrected chi connectivity index (χ1v) is 7.64. The van der Waals surface area contributed by atoms with Gasteiger partial charge < -0.3 is 9.64 Å². The SMILES string of the molecule is COC(=O)CSc1nnc2n1CCN2c1ccc(C)cc1. The number of ether oxygens (including phenoxy) is 1. The van der Waals surface area contributed by atoms with Crippen molar-refractivity contribution in [3.8, 4) is 0 Å².